The van der Waals surface area contributed by atoms with Crippen LogP contribution in [0.5, 0.6) is 0 Å². The van der Waals surface area contributed by atoms with E-state index >= 15 is 0 Å². The van der Waals surface area contributed by atoms with Gasteiger partial charge in [0.05, 0.1) is 5.69 Å². The van der Waals surface area contributed by atoms with Gasteiger partial charge in [0.25, 0.3) is 0 Å². The Hall–Kier alpha value is -1.79. The molecule has 1 aromatic heterocycles. The van der Waals surface area contributed by atoms with Gasteiger partial charge < -0.3 is 4.98 Å². The lowest BCUT2D eigenvalue weighted by Crippen LogP contribution is -2.03. The largest absolute Gasteiger partial charge is 0.336 e. The van der Waals surface area contributed by atoms with Crippen LogP contribution in [0.4, 0.5) is 8.78 Å². The Morgan fingerprint density at radius 2 is 1.67 bits per heavy atom. The predicted octanol–water partition coefficient (Wildman–Crippen LogP) is 5.24. The number of aromatic nitrogens is 2. The maximum atomic E-state index is 14.2. The molecule has 0 aliphatic carbocycles. The zero-order valence-corrected chi connectivity index (χ0v) is 13.0. The molecule has 0 radical (unpaired) electrons. The number of benzene rings is 2. The maximum absolute atomic E-state index is 14.2. The van der Waals surface area contributed by atoms with E-state index in [2.05, 4.69) is 20.9 Å². The molecular weight excluding hydrogens is 358 g/mol. The first-order valence-electron chi connectivity index (χ1n) is 6.08. The number of hydrogen-bond acceptors (Lipinski definition) is 1. The van der Waals surface area contributed by atoms with Crippen LogP contribution in [0, 0.1) is 16.4 Å². The Kier molecular flexibility index (Phi) is 3.73. The van der Waals surface area contributed by atoms with Gasteiger partial charge in [0.15, 0.2) is 16.4 Å². The number of H-pyrrole nitrogens is 1. The lowest BCUT2D eigenvalue weighted by atomic mass is 10.1. The lowest BCUT2D eigenvalue weighted by Gasteiger charge is -2.11. The molecule has 2 aromatic carbocycles. The second-order valence-electron chi connectivity index (χ2n) is 4.40. The van der Waals surface area contributed by atoms with Crippen molar-refractivity contribution in [3.63, 3.8) is 0 Å². The number of nitrogens with one attached hydrogen (secondary N) is 1. The van der Waals surface area contributed by atoms with Crippen LogP contribution < -0.4 is 0 Å². The standard InChI is InChI=1S/C15H9BrF2N2S/c16-10-6-11(17)14(12(18)7-10)20-13(8-19-15(20)21)9-4-2-1-3-5-9/h1-8H,(H,19,21). The predicted molar refractivity (Wildman–Crippen MR) is 84.0 cm³/mol. The fourth-order valence-electron chi connectivity index (χ4n) is 2.16. The highest BCUT2D eigenvalue weighted by molar-refractivity contribution is 9.10. The summed E-state index contributed by atoms with van der Waals surface area (Å²) in [5.41, 5.74) is 1.22. The second kappa shape index (κ2) is 5.54. The summed E-state index contributed by atoms with van der Waals surface area (Å²) in [6.07, 6.45) is 1.64. The van der Waals surface area contributed by atoms with Crippen molar-refractivity contribution in [1.29, 1.82) is 0 Å². The molecule has 1 heterocycles. The van der Waals surface area contributed by atoms with Gasteiger partial charge in [-0.2, -0.15) is 0 Å². The quantitative estimate of drug-likeness (QED) is 0.614. The van der Waals surface area contributed by atoms with Crippen molar-refractivity contribution < 1.29 is 8.78 Å². The van der Waals surface area contributed by atoms with Crippen molar-refractivity contribution in [2.45, 2.75) is 0 Å². The van der Waals surface area contributed by atoms with Gasteiger partial charge in [0, 0.05) is 16.2 Å². The van der Waals surface area contributed by atoms with Gasteiger partial charge in [-0.1, -0.05) is 46.3 Å². The van der Waals surface area contributed by atoms with E-state index in [1.54, 1.807) is 6.20 Å². The van der Waals surface area contributed by atoms with Crippen LogP contribution in [0.25, 0.3) is 16.9 Å². The normalized spacial score (nSPS) is 10.8. The molecule has 0 bridgehead atoms. The van der Waals surface area contributed by atoms with Gasteiger partial charge in [0.2, 0.25) is 0 Å². The molecule has 21 heavy (non-hydrogen) atoms. The fourth-order valence-corrected chi connectivity index (χ4v) is 2.81. The molecule has 0 aliphatic heterocycles. The highest BCUT2D eigenvalue weighted by Crippen LogP contribution is 2.28. The molecule has 0 unspecified atom stereocenters. The monoisotopic (exact) mass is 366 g/mol. The van der Waals surface area contributed by atoms with Crippen LogP contribution in [-0.2, 0) is 0 Å². The Morgan fingerprint density at radius 1 is 1.05 bits per heavy atom. The zero-order valence-electron chi connectivity index (χ0n) is 10.6. The summed E-state index contributed by atoms with van der Waals surface area (Å²) in [5.74, 6) is -1.37. The van der Waals surface area contributed by atoms with E-state index in [1.165, 1.54) is 16.7 Å². The van der Waals surface area contributed by atoms with E-state index in [4.69, 9.17) is 12.2 Å². The summed E-state index contributed by atoms with van der Waals surface area (Å²) < 4.78 is 30.3. The molecule has 0 saturated carbocycles. The minimum Gasteiger partial charge on any atom is -0.336 e. The zero-order chi connectivity index (χ0) is 15.0. The molecule has 1 N–H and O–H groups in total. The average molecular weight is 367 g/mol. The topological polar surface area (TPSA) is 20.7 Å². The van der Waals surface area contributed by atoms with Gasteiger partial charge in [-0.05, 0) is 24.4 Å². The number of hydrogen-bond donors (Lipinski definition) is 1. The first kappa shape index (κ1) is 14.2. The minimum atomic E-state index is -0.685. The third-order valence-electron chi connectivity index (χ3n) is 3.05. The first-order valence-corrected chi connectivity index (χ1v) is 7.29. The third kappa shape index (κ3) is 2.56. The molecule has 6 heteroatoms. The van der Waals surface area contributed by atoms with Crippen molar-refractivity contribution in [3.8, 4) is 16.9 Å². The van der Waals surface area contributed by atoms with Gasteiger partial charge in [0.1, 0.15) is 5.69 Å². The first-order chi connectivity index (χ1) is 10.1. The Labute approximate surface area is 133 Å². The van der Waals surface area contributed by atoms with Crippen molar-refractivity contribution in [2.24, 2.45) is 0 Å². The van der Waals surface area contributed by atoms with Crippen LogP contribution >= 0.6 is 28.1 Å². The van der Waals surface area contributed by atoms with Gasteiger partial charge in [-0.15, -0.1) is 0 Å². The highest BCUT2D eigenvalue weighted by Gasteiger charge is 2.17. The molecule has 0 aliphatic rings. The average Bonchev–Trinajstić information content (AvgIpc) is 2.81. The van der Waals surface area contributed by atoms with Crippen LogP contribution in [0.15, 0.2) is 53.1 Å². The molecule has 3 rings (SSSR count). The summed E-state index contributed by atoms with van der Waals surface area (Å²) in [6, 6.07) is 11.7. The lowest BCUT2D eigenvalue weighted by molar-refractivity contribution is 0.567. The molecule has 0 atom stereocenters. The van der Waals surface area contributed by atoms with Crippen LogP contribution in [0.3, 0.4) is 0 Å². The van der Waals surface area contributed by atoms with Crippen molar-refractivity contribution in [1.82, 2.24) is 9.55 Å². The molecular formula is C15H9BrF2N2S. The van der Waals surface area contributed by atoms with Gasteiger partial charge >= 0.3 is 0 Å². The highest BCUT2D eigenvalue weighted by atomic mass is 79.9. The van der Waals surface area contributed by atoms with Crippen LogP contribution in [0.1, 0.15) is 0 Å². The van der Waals surface area contributed by atoms with Crippen LogP contribution in [0.2, 0.25) is 0 Å². The van der Waals surface area contributed by atoms with Crippen molar-refractivity contribution in [2.75, 3.05) is 0 Å². The molecule has 0 spiro atoms. The summed E-state index contributed by atoms with van der Waals surface area (Å²) >= 11 is 8.24. The smallest absolute Gasteiger partial charge is 0.182 e. The van der Waals surface area contributed by atoms with E-state index in [1.807, 2.05) is 30.3 Å². The number of imidazole rings is 1. The molecule has 0 saturated heterocycles. The summed E-state index contributed by atoms with van der Waals surface area (Å²) in [7, 11) is 0. The third-order valence-corrected chi connectivity index (χ3v) is 3.81. The maximum Gasteiger partial charge on any atom is 0.182 e. The van der Waals surface area contributed by atoms with Crippen molar-refractivity contribution >= 4 is 28.1 Å². The summed E-state index contributed by atoms with van der Waals surface area (Å²) in [4.78, 5) is 2.84. The minimum absolute atomic E-state index is 0.191. The summed E-state index contributed by atoms with van der Waals surface area (Å²) in [6.45, 7) is 0. The second-order valence-corrected chi connectivity index (χ2v) is 5.70. The number of nitrogens with zero attached hydrogens (tertiary/aromatic N) is 1. The number of aromatic amines is 1. The fraction of sp³-hybridized carbons (Fsp3) is 0. The van der Waals surface area contributed by atoms with Crippen molar-refractivity contribution in [3.05, 3.63) is 69.5 Å². The Balaban J connectivity index is 2.30. The van der Waals surface area contributed by atoms with E-state index < -0.39 is 11.6 Å². The molecule has 3 aromatic rings. The van der Waals surface area contributed by atoms with Gasteiger partial charge in [-0.25, -0.2) is 8.78 Å². The molecule has 0 amide bonds. The molecule has 2 nitrogen and oxygen atoms in total. The van der Waals surface area contributed by atoms with E-state index in [9.17, 15) is 8.78 Å². The number of halogens is 3. The van der Waals surface area contributed by atoms with E-state index in [0.29, 0.717) is 10.2 Å². The Bertz CT molecular complexity index is 833. The number of rotatable bonds is 2. The van der Waals surface area contributed by atoms with Gasteiger partial charge in [-0.3, -0.25) is 4.57 Å². The molecule has 106 valence electrons. The SMILES string of the molecule is Fc1cc(Br)cc(F)c1-n1c(-c2ccccc2)c[nH]c1=S. The Morgan fingerprint density at radius 3 is 2.29 bits per heavy atom. The molecule has 0 fully saturated rings. The summed E-state index contributed by atoms with van der Waals surface area (Å²) in [5, 5.41) is 0. The van der Waals surface area contributed by atoms with E-state index in [-0.39, 0.29) is 10.5 Å². The van der Waals surface area contributed by atoms with Crippen LogP contribution in [-0.4, -0.2) is 9.55 Å². The van der Waals surface area contributed by atoms with E-state index in [0.717, 1.165) is 5.56 Å².